The maximum absolute atomic E-state index is 11.7. The Morgan fingerprint density at radius 2 is 2.11 bits per heavy atom. The van der Waals surface area contributed by atoms with Crippen molar-refractivity contribution >= 4 is 28.5 Å². The first kappa shape index (κ1) is 13.9. The predicted octanol–water partition coefficient (Wildman–Crippen LogP) is 3.10. The van der Waals surface area contributed by atoms with Crippen LogP contribution in [0.2, 0.25) is 0 Å². The number of amidine groups is 1. The molecule has 1 unspecified atom stereocenters. The van der Waals surface area contributed by atoms with Crippen LogP contribution in [0, 0.1) is 0 Å². The number of hydrogen-bond donors (Lipinski definition) is 1. The Hall–Kier alpha value is -1.49. The number of nitrogens with one attached hydrogen (secondary N) is 1. The van der Waals surface area contributed by atoms with Crippen molar-refractivity contribution in [3.8, 4) is 5.75 Å². The van der Waals surface area contributed by atoms with Crippen LogP contribution >= 0.6 is 11.8 Å². The molecule has 1 N–H and O–H groups in total. The quantitative estimate of drug-likeness (QED) is 0.900. The summed E-state index contributed by atoms with van der Waals surface area (Å²) in [7, 11) is 1.63. The highest BCUT2D eigenvalue weighted by Gasteiger charge is 2.29. The van der Waals surface area contributed by atoms with Crippen molar-refractivity contribution in [2.45, 2.75) is 31.4 Å². The molecular formula is C14H18N2O2S. The third-order valence-electron chi connectivity index (χ3n) is 2.90. The van der Waals surface area contributed by atoms with Crippen LogP contribution in [0.3, 0.4) is 0 Å². The van der Waals surface area contributed by atoms with E-state index in [-0.39, 0.29) is 11.2 Å². The Morgan fingerprint density at radius 1 is 1.37 bits per heavy atom. The first-order valence-corrected chi connectivity index (χ1v) is 7.31. The fourth-order valence-electron chi connectivity index (χ4n) is 1.81. The van der Waals surface area contributed by atoms with Gasteiger partial charge in [0.05, 0.1) is 18.0 Å². The molecule has 0 aromatic heterocycles. The average Bonchev–Trinajstić information content (AvgIpc) is 2.77. The molecule has 5 heteroatoms. The molecule has 1 aromatic carbocycles. The maximum Gasteiger partial charge on any atom is 0.239 e. The van der Waals surface area contributed by atoms with Gasteiger partial charge in [0.2, 0.25) is 5.91 Å². The van der Waals surface area contributed by atoms with E-state index >= 15 is 0 Å². The standard InChI is InChI=1S/C14H18N2O2S/c1-3-4-5-12-13(17)16-14(19-12)15-10-6-8-11(18-2)9-7-10/h6-9,12H,3-5H2,1-2H3,(H,15,16,17). The van der Waals surface area contributed by atoms with Crippen molar-refractivity contribution in [2.75, 3.05) is 7.11 Å². The zero-order valence-corrected chi connectivity index (χ0v) is 12.0. The van der Waals surface area contributed by atoms with E-state index < -0.39 is 0 Å². The van der Waals surface area contributed by atoms with Gasteiger partial charge in [-0.15, -0.1) is 0 Å². The van der Waals surface area contributed by atoms with Crippen molar-refractivity contribution in [3.63, 3.8) is 0 Å². The second-order valence-electron chi connectivity index (χ2n) is 4.35. The van der Waals surface area contributed by atoms with Gasteiger partial charge in [-0.2, -0.15) is 0 Å². The van der Waals surface area contributed by atoms with Crippen LogP contribution in [0.4, 0.5) is 5.69 Å². The van der Waals surface area contributed by atoms with E-state index in [1.54, 1.807) is 7.11 Å². The zero-order valence-electron chi connectivity index (χ0n) is 11.2. The first-order chi connectivity index (χ1) is 9.22. The van der Waals surface area contributed by atoms with E-state index in [1.165, 1.54) is 11.8 Å². The first-order valence-electron chi connectivity index (χ1n) is 6.43. The lowest BCUT2D eigenvalue weighted by Crippen LogP contribution is -2.24. The Morgan fingerprint density at radius 3 is 2.74 bits per heavy atom. The van der Waals surface area contributed by atoms with Crippen LogP contribution in [0.25, 0.3) is 0 Å². The molecule has 0 saturated carbocycles. The van der Waals surface area contributed by atoms with Crippen molar-refractivity contribution in [1.82, 2.24) is 5.32 Å². The van der Waals surface area contributed by atoms with Crippen molar-refractivity contribution in [3.05, 3.63) is 24.3 Å². The number of carbonyl (C=O) groups excluding carboxylic acids is 1. The summed E-state index contributed by atoms with van der Waals surface area (Å²) in [5, 5.41) is 3.53. The Balaban J connectivity index is 2.01. The molecule has 1 aliphatic heterocycles. The minimum Gasteiger partial charge on any atom is -0.497 e. The monoisotopic (exact) mass is 278 g/mol. The molecule has 1 heterocycles. The van der Waals surface area contributed by atoms with Gasteiger partial charge in [0, 0.05) is 0 Å². The van der Waals surface area contributed by atoms with Gasteiger partial charge in [-0.05, 0) is 30.7 Å². The topological polar surface area (TPSA) is 50.7 Å². The van der Waals surface area contributed by atoms with Crippen LogP contribution in [0.1, 0.15) is 26.2 Å². The Labute approximate surface area is 117 Å². The lowest BCUT2D eigenvalue weighted by atomic mass is 10.2. The fraction of sp³-hybridized carbons (Fsp3) is 0.429. The molecule has 2 rings (SSSR count). The number of rotatable bonds is 5. The fourth-order valence-corrected chi connectivity index (χ4v) is 2.85. The number of ether oxygens (including phenoxy) is 1. The van der Waals surface area contributed by atoms with Gasteiger partial charge < -0.3 is 10.1 Å². The summed E-state index contributed by atoms with van der Waals surface area (Å²) in [5.41, 5.74) is 0.819. The number of amides is 1. The molecule has 1 atom stereocenters. The normalized spacial score (nSPS) is 20.6. The van der Waals surface area contributed by atoms with Crippen LogP contribution in [-0.2, 0) is 4.79 Å². The summed E-state index contributed by atoms with van der Waals surface area (Å²) < 4.78 is 5.09. The van der Waals surface area contributed by atoms with E-state index in [1.807, 2.05) is 24.3 Å². The molecule has 4 nitrogen and oxygen atoms in total. The number of aliphatic imine (C=N–C) groups is 1. The molecule has 19 heavy (non-hydrogen) atoms. The van der Waals surface area contributed by atoms with Crippen LogP contribution < -0.4 is 10.1 Å². The number of thioether (sulfide) groups is 1. The summed E-state index contributed by atoms with van der Waals surface area (Å²) in [5.74, 6) is 0.874. The average molecular weight is 278 g/mol. The second kappa shape index (κ2) is 6.61. The number of carbonyl (C=O) groups is 1. The number of unbranched alkanes of at least 4 members (excludes halogenated alkanes) is 1. The van der Waals surface area contributed by atoms with E-state index in [0.717, 1.165) is 30.7 Å². The summed E-state index contributed by atoms with van der Waals surface area (Å²) in [6, 6.07) is 7.46. The minimum atomic E-state index is 0.0111. The SMILES string of the molecule is CCCCC1SC(=Nc2ccc(OC)cc2)NC1=O. The molecule has 0 bridgehead atoms. The van der Waals surface area contributed by atoms with E-state index in [0.29, 0.717) is 5.17 Å². The van der Waals surface area contributed by atoms with Gasteiger partial charge in [-0.25, -0.2) is 4.99 Å². The number of nitrogens with zero attached hydrogens (tertiary/aromatic N) is 1. The summed E-state index contributed by atoms with van der Waals surface area (Å²) in [6.45, 7) is 2.13. The largest absolute Gasteiger partial charge is 0.497 e. The van der Waals surface area contributed by atoms with Gasteiger partial charge in [0.25, 0.3) is 0 Å². The van der Waals surface area contributed by atoms with E-state index in [9.17, 15) is 4.79 Å². The van der Waals surface area contributed by atoms with Crippen molar-refractivity contribution in [1.29, 1.82) is 0 Å². The molecule has 0 aliphatic carbocycles. The number of benzene rings is 1. The van der Waals surface area contributed by atoms with Crippen LogP contribution in [0.15, 0.2) is 29.3 Å². The van der Waals surface area contributed by atoms with Crippen LogP contribution in [-0.4, -0.2) is 23.4 Å². The van der Waals surface area contributed by atoms with E-state index in [2.05, 4.69) is 17.2 Å². The maximum atomic E-state index is 11.7. The molecule has 0 spiro atoms. The number of methoxy groups -OCH3 is 1. The summed E-state index contributed by atoms with van der Waals surface area (Å²) in [4.78, 5) is 16.2. The molecular weight excluding hydrogens is 260 g/mol. The third kappa shape index (κ3) is 3.73. The molecule has 1 fully saturated rings. The highest BCUT2D eigenvalue weighted by molar-refractivity contribution is 8.15. The zero-order chi connectivity index (χ0) is 13.7. The highest BCUT2D eigenvalue weighted by atomic mass is 32.2. The van der Waals surface area contributed by atoms with Gasteiger partial charge in [0.1, 0.15) is 5.75 Å². The van der Waals surface area contributed by atoms with Gasteiger partial charge in [0.15, 0.2) is 5.17 Å². The van der Waals surface area contributed by atoms with Gasteiger partial charge >= 0.3 is 0 Å². The smallest absolute Gasteiger partial charge is 0.239 e. The Kier molecular flexibility index (Phi) is 4.85. The van der Waals surface area contributed by atoms with Crippen molar-refractivity contribution < 1.29 is 9.53 Å². The van der Waals surface area contributed by atoms with Crippen molar-refractivity contribution in [2.24, 2.45) is 4.99 Å². The molecule has 1 aliphatic rings. The minimum absolute atomic E-state index is 0.0111. The van der Waals surface area contributed by atoms with Gasteiger partial charge in [-0.1, -0.05) is 31.5 Å². The number of hydrogen-bond acceptors (Lipinski definition) is 4. The van der Waals surface area contributed by atoms with Crippen LogP contribution in [0.5, 0.6) is 5.75 Å². The highest BCUT2D eigenvalue weighted by Crippen LogP contribution is 2.27. The molecule has 102 valence electrons. The summed E-state index contributed by atoms with van der Waals surface area (Å²) >= 11 is 1.52. The second-order valence-corrected chi connectivity index (χ2v) is 5.54. The molecule has 1 saturated heterocycles. The molecule has 1 aromatic rings. The summed E-state index contributed by atoms with van der Waals surface area (Å²) in [6.07, 6.45) is 3.09. The Bertz CT molecular complexity index is 471. The predicted molar refractivity (Wildman–Crippen MR) is 79.1 cm³/mol. The third-order valence-corrected chi connectivity index (χ3v) is 4.05. The molecule has 0 radical (unpaired) electrons. The molecule has 1 amide bonds. The lowest BCUT2D eigenvalue weighted by Gasteiger charge is -2.02. The lowest BCUT2D eigenvalue weighted by molar-refractivity contribution is -0.118. The van der Waals surface area contributed by atoms with E-state index in [4.69, 9.17) is 4.74 Å². The van der Waals surface area contributed by atoms with Gasteiger partial charge in [-0.3, -0.25) is 4.79 Å².